The van der Waals surface area contributed by atoms with Gasteiger partial charge in [-0.05, 0) is 49.7 Å². The number of hydrogen-bond acceptors (Lipinski definition) is 4. The molecule has 0 atom stereocenters. The molecule has 0 aliphatic heterocycles. The zero-order valence-corrected chi connectivity index (χ0v) is 19.7. The number of thiazole rings is 1. The Bertz CT molecular complexity index is 1110. The van der Waals surface area contributed by atoms with Crippen molar-refractivity contribution in [3.8, 4) is 0 Å². The maximum Gasteiger partial charge on any atom is 0.322 e. The summed E-state index contributed by atoms with van der Waals surface area (Å²) in [5, 5.41) is 8.56. The standard InChI is InChI=1S/C22H21Cl2FN4O2S/c1-13(2)29(22(31)27-16-7-8-17(23)18(24)9-16)11-20-28-19(12-32-20)21(30)26-10-14-3-5-15(25)6-4-14/h3-9,12-13H,10-11H2,1-2H3,(H,26,30)(H,27,31). The fourth-order valence-electron chi connectivity index (χ4n) is 2.77. The molecule has 1 aromatic heterocycles. The van der Waals surface area contributed by atoms with Gasteiger partial charge in [0.2, 0.25) is 0 Å². The SMILES string of the molecule is CC(C)N(Cc1nc(C(=O)NCc2ccc(F)cc2)cs1)C(=O)Nc1ccc(Cl)c(Cl)c1. The number of anilines is 1. The van der Waals surface area contributed by atoms with Gasteiger partial charge in [-0.1, -0.05) is 35.3 Å². The normalized spacial score (nSPS) is 10.8. The fourth-order valence-corrected chi connectivity index (χ4v) is 3.84. The number of amides is 3. The third-order valence-corrected chi connectivity index (χ3v) is 6.08. The van der Waals surface area contributed by atoms with E-state index in [4.69, 9.17) is 23.2 Å². The highest BCUT2D eigenvalue weighted by Crippen LogP contribution is 2.25. The van der Waals surface area contributed by atoms with Gasteiger partial charge in [0.15, 0.2) is 0 Å². The zero-order valence-electron chi connectivity index (χ0n) is 17.4. The van der Waals surface area contributed by atoms with Gasteiger partial charge in [-0.3, -0.25) is 4.79 Å². The van der Waals surface area contributed by atoms with Crippen LogP contribution >= 0.6 is 34.5 Å². The summed E-state index contributed by atoms with van der Waals surface area (Å²) in [6, 6.07) is 10.3. The van der Waals surface area contributed by atoms with Crippen molar-refractivity contribution in [1.29, 1.82) is 0 Å². The molecular formula is C22H21Cl2FN4O2S. The Kier molecular flexibility index (Phi) is 8.06. The van der Waals surface area contributed by atoms with Crippen LogP contribution in [0.25, 0.3) is 0 Å². The van der Waals surface area contributed by atoms with E-state index in [0.717, 1.165) is 5.56 Å². The molecule has 168 valence electrons. The Hall–Kier alpha value is -2.68. The quantitative estimate of drug-likeness (QED) is 0.425. The van der Waals surface area contributed by atoms with Crippen LogP contribution < -0.4 is 10.6 Å². The van der Waals surface area contributed by atoms with Crippen molar-refractivity contribution >= 4 is 52.2 Å². The Morgan fingerprint density at radius 2 is 1.84 bits per heavy atom. The van der Waals surface area contributed by atoms with Gasteiger partial charge in [0.05, 0.1) is 16.6 Å². The number of benzene rings is 2. The lowest BCUT2D eigenvalue weighted by Gasteiger charge is -2.26. The molecular weight excluding hydrogens is 474 g/mol. The molecule has 3 aromatic rings. The predicted octanol–water partition coefficient (Wildman–Crippen LogP) is 5.96. The largest absolute Gasteiger partial charge is 0.347 e. The van der Waals surface area contributed by atoms with Gasteiger partial charge in [0, 0.05) is 23.7 Å². The molecule has 6 nitrogen and oxygen atoms in total. The molecule has 2 aromatic carbocycles. The van der Waals surface area contributed by atoms with Gasteiger partial charge in [0.25, 0.3) is 5.91 Å². The molecule has 0 unspecified atom stereocenters. The second kappa shape index (κ2) is 10.8. The van der Waals surface area contributed by atoms with E-state index in [9.17, 15) is 14.0 Å². The molecule has 0 aliphatic carbocycles. The number of hydrogen-bond donors (Lipinski definition) is 2. The summed E-state index contributed by atoms with van der Waals surface area (Å²) >= 11 is 13.2. The number of urea groups is 1. The number of carbonyl (C=O) groups excluding carboxylic acids is 2. The average Bonchev–Trinajstić information content (AvgIpc) is 3.22. The van der Waals surface area contributed by atoms with Crippen LogP contribution in [0.3, 0.4) is 0 Å². The minimum atomic E-state index is -0.340. The number of aromatic nitrogens is 1. The minimum absolute atomic E-state index is 0.113. The summed E-state index contributed by atoms with van der Waals surface area (Å²) in [5.74, 6) is -0.671. The topological polar surface area (TPSA) is 74.3 Å². The van der Waals surface area contributed by atoms with E-state index in [1.54, 1.807) is 40.6 Å². The Morgan fingerprint density at radius 3 is 2.50 bits per heavy atom. The minimum Gasteiger partial charge on any atom is -0.347 e. The van der Waals surface area contributed by atoms with Crippen molar-refractivity contribution in [2.45, 2.75) is 33.0 Å². The molecule has 2 N–H and O–H groups in total. The third-order valence-electron chi connectivity index (χ3n) is 4.51. The first-order chi connectivity index (χ1) is 15.2. The molecule has 0 radical (unpaired) electrons. The molecule has 32 heavy (non-hydrogen) atoms. The van der Waals surface area contributed by atoms with Gasteiger partial charge in [0.1, 0.15) is 16.5 Å². The van der Waals surface area contributed by atoms with Gasteiger partial charge in [-0.15, -0.1) is 11.3 Å². The molecule has 0 aliphatic rings. The first-order valence-corrected chi connectivity index (χ1v) is 11.4. The molecule has 1 heterocycles. The maximum atomic E-state index is 13.0. The van der Waals surface area contributed by atoms with E-state index in [1.807, 2.05) is 13.8 Å². The van der Waals surface area contributed by atoms with Crippen molar-refractivity contribution in [2.24, 2.45) is 0 Å². The van der Waals surface area contributed by atoms with E-state index in [0.29, 0.717) is 20.7 Å². The summed E-state index contributed by atoms with van der Waals surface area (Å²) in [7, 11) is 0. The summed E-state index contributed by atoms with van der Waals surface area (Å²) in [4.78, 5) is 31.1. The highest BCUT2D eigenvalue weighted by atomic mass is 35.5. The third kappa shape index (κ3) is 6.41. The number of halogens is 3. The second-order valence-electron chi connectivity index (χ2n) is 7.22. The van der Waals surface area contributed by atoms with E-state index in [-0.39, 0.29) is 42.6 Å². The van der Waals surface area contributed by atoms with Crippen LogP contribution in [0.2, 0.25) is 10.0 Å². The Labute approximate surface area is 199 Å². The molecule has 0 saturated heterocycles. The summed E-state index contributed by atoms with van der Waals surface area (Å²) in [6.45, 7) is 4.27. The van der Waals surface area contributed by atoms with Crippen LogP contribution in [0.15, 0.2) is 47.8 Å². The molecule has 0 bridgehead atoms. The van der Waals surface area contributed by atoms with Gasteiger partial charge in [-0.25, -0.2) is 14.2 Å². The van der Waals surface area contributed by atoms with Crippen molar-refractivity contribution in [3.63, 3.8) is 0 Å². The number of nitrogens with one attached hydrogen (secondary N) is 2. The number of rotatable bonds is 7. The smallest absolute Gasteiger partial charge is 0.322 e. The van der Waals surface area contributed by atoms with Crippen LogP contribution in [0.1, 0.15) is 34.9 Å². The van der Waals surface area contributed by atoms with E-state index in [1.165, 1.54) is 23.5 Å². The average molecular weight is 495 g/mol. The highest BCUT2D eigenvalue weighted by Gasteiger charge is 2.20. The van der Waals surface area contributed by atoms with Crippen LogP contribution in [-0.4, -0.2) is 27.9 Å². The zero-order chi connectivity index (χ0) is 23.3. The van der Waals surface area contributed by atoms with Crippen molar-refractivity contribution in [1.82, 2.24) is 15.2 Å². The summed E-state index contributed by atoms with van der Waals surface area (Å²) in [5.41, 5.74) is 1.57. The van der Waals surface area contributed by atoms with E-state index >= 15 is 0 Å². The van der Waals surface area contributed by atoms with Crippen molar-refractivity contribution < 1.29 is 14.0 Å². The van der Waals surface area contributed by atoms with Crippen molar-refractivity contribution in [3.05, 3.63) is 80.0 Å². The summed E-state index contributed by atoms with van der Waals surface area (Å²) < 4.78 is 13.0. The predicted molar refractivity (Wildman–Crippen MR) is 126 cm³/mol. The van der Waals surface area contributed by atoms with Crippen LogP contribution in [-0.2, 0) is 13.1 Å². The number of carbonyl (C=O) groups is 2. The lowest BCUT2D eigenvalue weighted by molar-refractivity contribution is 0.0946. The highest BCUT2D eigenvalue weighted by molar-refractivity contribution is 7.09. The van der Waals surface area contributed by atoms with Crippen molar-refractivity contribution in [2.75, 3.05) is 5.32 Å². The Balaban J connectivity index is 1.61. The Morgan fingerprint density at radius 1 is 1.12 bits per heavy atom. The maximum absolute atomic E-state index is 13.0. The first kappa shape index (κ1) is 24.0. The monoisotopic (exact) mass is 494 g/mol. The van der Waals surface area contributed by atoms with Gasteiger partial charge < -0.3 is 15.5 Å². The number of nitrogens with zero attached hydrogens (tertiary/aromatic N) is 2. The van der Waals surface area contributed by atoms with E-state index in [2.05, 4.69) is 15.6 Å². The summed E-state index contributed by atoms with van der Waals surface area (Å²) in [6.07, 6.45) is 0. The van der Waals surface area contributed by atoms with Gasteiger partial charge in [-0.2, -0.15) is 0 Å². The van der Waals surface area contributed by atoms with Crippen LogP contribution in [0, 0.1) is 5.82 Å². The molecule has 3 rings (SSSR count). The van der Waals surface area contributed by atoms with E-state index < -0.39 is 0 Å². The second-order valence-corrected chi connectivity index (χ2v) is 8.97. The fraction of sp³-hybridized carbons (Fsp3) is 0.227. The first-order valence-electron chi connectivity index (χ1n) is 9.72. The molecule has 0 saturated carbocycles. The molecule has 0 spiro atoms. The van der Waals surface area contributed by atoms with Gasteiger partial charge >= 0.3 is 6.03 Å². The van der Waals surface area contributed by atoms with Crippen LogP contribution in [0.5, 0.6) is 0 Å². The molecule has 0 fully saturated rings. The molecule has 10 heteroatoms. The molecule has 3 amide bonds. The lowest BCUT2D eigenvalue weighted by Crippen LogP contribution is -2.39. The lowest BCUT2D eigenvalue weighted by atomic mass is 10.2. The van der Waals surface area contributed by atoms with Crippen LogP contribution in [0.4, 0.5) is 14.9 Å².